The van der Waals surface area contributed by atoms with E-state index in [1.807, 2.05) is 0 Å². The van der Waals surface area contributed by atoms with Gasteiger partial charge in [0.25, 0.3) is 0 Å². The van der Waals surface area contributed by atoms with Crippen LogP contribution in [0.5, 0.6) is 0 Å². The largest absolute Gasteiger partial charge is 0.299 e. The number of hydrogen-bond acceptors (Lipinski definition) is 1. The number of ketones is 1. The second-order valence-corrected chi connectivity index (χ2v) is 6.09. The van der Waals surface area contributed by atoms with E-state index >= 15 is 0 Å². The van der Waals surface area contributed by atoms with Crippen LogP contribution in [0.15, 0.2) is 0 Å². The molecule has 2 rings (SSSR count). The van der Waals surface area contributed by atoms with Crippen molar-refractivity contribution in [3.8, 4) is 0 Å². The van der Waals surface area contributed by atoms with Crippen molar-refractivity contribution in [2.24, 2.45) is 22.2 Å². The van der Waals surface area contributed by atoms with Crippen LogP contribution in [-0.4, -0.2) is 5.78 Å². The Labute approximate surface area is 80.9 Å². The molecule has 0 N–H and O–H groups in total. The first-order valence-electron chi connectivity index (χ1n) is 5.28. The first-order valence-corrected chi connectivity index (χ1v) is 5.28. The van der Waals surface area contributed by atoms with Crippen molar-refractivity contribution in [1.29, 1.82) is 0 Å². The van der Waals surface area contributed by atoms with Crippen molar-refractivity contribution in [1.82, 2.24) is 0 Å². The molecule has 0 atom stereocenters. The van der Waals surface area contributed by atoms with Crippen molar-refractivity contribution in [3.05, 3.63) is 0 Å². The summed E-state index contributed by atoms with van der Waals surface area (Å²) in [6.45, 7) is 11.0. The summed E-state index contributed by atoms with van der Waals surface area (Å²) in [6, 6.07) is 0. The summed E-state index contributed by atoms with van der Waals surface area (Å²) in [4.78, 5) is 11.6. The maximum Gasteiger partial charge on any atom is 0.136 e. The third kappa shape index (κ3) is 0.858. The summed E-state index contributed by atoms with van der Waals surface area (Å²) in [7, 11) is 0. The van der Waals surface area contributed by atoms with Crippen molar-refractivity contribution in [2.45, 2.75) is 47.5 Å². The van der Waals surface area contributed by atoms with Crippen LogP contribution in [0.25, 0.3) is 0 Å². The molecule has 0 aromatic rings. The molecule has 13 heavy (non-hydrogen) atoms. The van der Waals surface area contributed by atoms with E-state index in [-0.39, 0.29) is 5.41 Å². The fourth-order valence-corrected chi connectivity index (χ4v) is 3.56. The predicted molar refractivity (Wildman–Crippen MR) is 53.4 cm³/mol. The lowest BCUT2D eigenvalue weighted by Gasteiger charge is -2.13. The summed E-state index contributed by atoms with van der Waals surface area (Å²) in [5.41, 5.74) is 0.831. The molecular weight excluding hydrogens is 160 g/mol. The highest BCUT2D eigenvalue weighted by molar-refractivity contribution is 5.86. The normalized spacial score (nSPS) is 32.7. The Morgan fingerprint density at radius 1 is 1.08 bits per heavy atom. The second kappa shape index (κ2) is 2.02. The molecule has 2 aliphatic rings. The SMILES string of the molecule is CC(=O)C1(C2C(C)(C)C2(C)C)CC1. The van der Waals surface area contributed by atoms with E-state index < -0.39 is 0 Å². The van der Waals surface area contributed by atoms with Gasteiger partial charge in [0.2, 0.25) is 0 Å². The lowest BCUT2D eigenvalue weighted by atomic mass is 9.90. The molecule has 2 saturated carbocycles. The van der Waals surface area contributed by atoms with Gasteiger partial charge in [-0.2, -0.15) is 0 Å². The van der Waals surface area contributed by atoms with Gasteiger partial charge in [0.1, 0.15) is 5.78 Å². The molecule has 0 amide bonds. The van der Waals surface area contributed by atoms with Gasteiger partial charge in [-0.05, 0) is 36.5 Å². The van der Waals surface area contributed by atoms with Gasteiger partial charge in [-0.1, -0.05) is 27.7 Å². The van der Waals surface area contributed by atoms with E-state index in [0.717, 1.165) is 12.8 Å². The fraction of sp³-hybridized carbons (Fsp3) is 0.917. The van der Waals surface area contributed by atoms with Gasteiger partial charge >= 0.3 is 0 Å². The molecule has 0 unspecified atom stereocenters. The lowest BCUT2D eigenvalue weighted by Crippen LogP contribution is -2.18. The Balaban J connectivity index is 2.27. The molecule has 1 heteroatoms. The molecular formula is C12H20O. The van der Waals surface area contributed by atoms with Gasteiger partial charge in [-0.15, -0.1) is 0 Å². The van der Waals surface area contributed by atoms with Crippen LogP contribution < -0.4 is 0 Å². The van der Waals surface area contributed by atoms with E-state index in [0.29, 0.717) is 22.5 Å². The van der Waals surface area contributed by atoms with E-state index in [1.165, 1.54) is 0 Å². The van der Waals surface area contributed by atoms with E-state index in [2.05, 4.69) is 27.7 Å². The minimum absolute atomic E-state index is 0.0903. The van der Waals surface area contributed by atoms with E-state index in [4.69, 9.17) is 0 Å². The molecule has 0 saturated heterocycles. The second-order valence-electron chi connectivity index (χ2n) is 6.09. The number of carbonyl (C=O) groups is 1. The molecule has 2 aliphatic carbocycles. The zero-order valence-electron chi connectivity index (χ0n) is 9.40. The standard InChI is InChI=1S/C12H20O/c1-8(13)12(6-7-12)9-10(2,3)11(9,4)5/h9H,6-7H2,1-5H3. The van der Waals surface area contributed by atoms with Crippen LogP contribution in [0, 0.1) is 22.2 Å². The first-order chi connectivity index (χ1) is 5.77. The predicted octanol–water partition coefficient (Wildman–Crippen LogP) is 3.04. The maximum atomic E-state index is 11.6. The highest BCUT2D eigenvalue weighted by Gasteiger charge is 2.76. The third-order valence-corrected chi connectivity index (χ3v) is 5.06. The highest BCUT2D eigenvalue weighted by Crippen LogP contribution is 2.79. The minimum Gasteiger partial charge on any atom is -0.299 e. The smallest absolute Gasteiger partial charge is 0.136 e. The van der Waals surface area contributed by atoms with Crippen LogP contribution in [0.2, 0.25) is 0 Å². The van der Waals surface area contributed by atoms with Gasteiger partial charge < -0.3 is 0 Å². The van der Waals surface area contributed by atoms with Gasteiger partial charge in [-0.25, -0.2) is 0 Å². The third-order valence-electron chi connectivity index (χ3n) is 5.06. The Morgan fingerprint density at radius 2 is 1.46 bits per heavy atom. The molecule has 0 spiro atoms. The van der Waals surface area contributed by atoms with E-state index in [9.17, 15) is 4.79 Å². The van der Waals surface area contributed by atoms with Crippen LogP contribution >= 0.6 is 0 Å². The van der Waals surface area contributed by atoms with Crippen molar-refractivity contribution in [3.63, 3.8) is 0 Å². The number of carbonyl (C=O) groups excluding carboxylic acids is 1. The van der Waals surface area contributed by atoms with Crippen LogP contribution in [0.4, 0.5) is 0 Å². The number of Topliss-reactive ketones (excluding diaryl/α,β-unsaturated/α-hetero) is 1. The van der Waals surface area contributed by atoms with Crippen LogP contribution in [-0.2, 0) is 4.79 Å². The van der Waals surface area contributed by atoms with Gasteiger partial charge in [0, 0.05) is 5.41 Å². The molecule has 0 aromatic carbocycles. The van der Waals surface area contributed by atoms with Gasteiger partial charge in [-0.3, -0.25) is 4.79 Å². The monoisotopic (exact) mass is 180 g/mol. The Bertz CT molecular complexity index is 255. The summed E-state index contributed by atoms with van der Waals surface area (Å²) in [6.07, 6.45) is 2.28. The quantitative estimate of drug-likeness (QED) is 0.638. The summed E-state index contributed by atoms with van der Waals surface area (Å²) >= 11 is 0. The molecule has 0 aromatic heterocycles. The van der Waals surface area contributed by atoms with Crippen molar-refractivity contribution in [2.75, 3.05) is 0 Å². The van der Waals surface area contributed by atoms with Crippen molar-refractivity contribution < 1.29 is 4.79 Å². The Morgan fingerprint density at radius 3 is 1.54 bits per heavy atom. The molecule has 2 fully saturated rings. The lowest BCUT2D eigenvalue weighted by molar-refractivity contribution is -0.123. The molecule has 1 nitrogen and oxygen atoms in total. The van der Waals surface area contributed by atoms with Gasteiger partial charge in [0.15, 0.2) is 0 Å². The Kier molecular flexibility index (Phi) is 1.43. The van der Waals surface area contributed by atoms with E-state index in [1.54, 1.807) is 6.92 Å². The minimum atomic E-state index is 0.0903. The Hall–Kier alpha value is -0.330. The molecule has 0 bridgehead atoms. The van der Waals surface area contributed by atoms with Crippen LogP contribution in [0.1, 0.15) is 47.5 Å². The molecule has 0 radical (unpaired) electrons. The summed E-state index contributed by atoms with van der Waals surface area (Å²) in [5.74, 6) is 1.06. The summed E-state index contributed by atoms with van der Waals surface area (Å²) in [5, 5.41) is 0. The average Bonchev–Trinajstić information content (AvgIpc) is 2.74. The number of hydrogen-bond donors (Lipinski definition) is 0. The zero-order valence-corrected chi connectivity index (χ0v) is 9.40. The fourth-order valence-electron chi connectivity index (χ4n) is 3.56. The topological polar surface area (TPSA) is 17.1 Å². The highest BCUT2D eigenvalue weighted by atomic mass is 16.1. The van der Waals surface area contributed by atoms with Crippen molar-refractivity contribution >= 4 is 5.78 Å². The molecule has 0 aliphatic heterocycles. The van der Waals surface area contributed by atoms with Crippen LogP contribution in [0.3, 0.4) is 0 Å². The maximum absolute atomic E-state index is 11.6. The number of rotatable bonds is 2. The summed E-state index contributed by atoms with van der Waals surface area (Å²) < 4.78 is 0. The average molecular weight is 180 g/mol. The first kappa shape index (κ1) is 9.23. The van der Waals surface area contributed by atoms with Gasteiger partial charge in [0.05, 0.1) is 0 Å². The molecule has 0 heterocycles. The zero-order chi connectivity index (χ0) is 10.1. The molecule has 74 valence electrons.